The van der Waals surface area contributed by atoms with Crippen LogP contribution in [0.25, 0.3) is 0 Å². The molecule has 0 N–H and O–H groups in total. The molecule has 0 aliphatic carbocycles. The largest absolute Gasteiger partial charge is 0.488 e. The fourth-order valence-corrected chi connectivity index (χ4v) is 2.06. The third-order valence-electron chi connectivity index (χ3n) is 2.73. The van der Waals surface area contributed by atoms with Crippen molar-refractivity contribution in [1.82, 2.24) is 4.98 Å². The third kappa shape index (κ3) is 3.18. The fraction of sp³-hybridized carbons (Fsp3) is 0.154. The molecule has 0 saturated heterocycles. The van der Waals surface area contributed by atoms with Crippen LogP contribution in [0.4, 0.5) is 5.69 Å². The maximum absolute atomic E-state index is 10.8. The van der Waals surface area contributed by atoms with Crippen LogP contribution < -0.4 is 4.74 Å². The van der Waals surface area contributed by atoms with E-state index < -0.39 is 4.92 Å². The van der Waals surface area contributed by atoms with Crippen molar-refractivity contribution in [2.45, 2.75) is 13.5 Å². The van der Waals surface area contributed by atoms with Gasteiger partial charge in [0, 0.05) is 11.6 Å². The Balaban J connectivity index is 2.19. The zero-order valence-electron chi connectivity index (χ0n) is 10.5. The van der Waals surface area contributed by atoms with Gasteiger partial charge in [0.15, 0.2) is 0 Å². The highest BCUT2D eigenvalue weighted by molar-refractivity contribution is 6.32. The van der Waals surface area contributed by atoms with Crippen LogP contribution in [-0.2, 0) is 6.61 Å². The molecule has 0 amide bonds. The van der Waals surface area contributed by atoms with Gasteiger partial charge in [-0.25, -0.2) is 4.98 Å². The second-order valence-corrected chi connectivity index (χ2v) is 4.78. The van der Waals surface area contributed by atoms with Gasteiger partial charge < -0.3 is 4.74 Å². The fourth-order valence-electron chi connectivity index (χ4n) is 1.66. The van der Waals surface area contributed by atoms with E-state index in [1.807, 2.05) is 0 Å². The molecule has 1 heterocycles. The summed E-state index contributed by atoms with van der Waals surface area (Å²) in [6.45, 7) is 1.79. The molecule has 0 unspecified atom stereocenters. The summed E-state index contributed by atoms with van der Waals surface area (Å²) in [7, 11) is 0. The number of hydrogen-bond donors (Lipinski definition) is 0. The van der Waals surface area contributed by atoms with Crippen LogP contribution in [0.5, 0.6) is 5.75 Å². The Hall–Kier alpha value is -1.85. The smallest absolute Gasteiger partial charge is 0.276 e. The quantitative estimate of drug-likeness (QED) is 0.482. The van der Waals surface area contributed by atoms with Crippen LogP contribution in [-0.4, -0.2) is 9.91 Å². The lowest BCUT2D eigenvalue weighted by atomic mass is 10.2. The van der Waals surface area contributed by atoms with Crippen LogP contribution in [0.1, 0.15) is 11.1 Å². The van der Waals surface area contributed by atoms with Crippen molar-refractivity contribution in [2.24, 2.45) is 0 Å². The van der Waals surface area contributed by atoms with Gasteiger partial charge in [0.1, 0.15) is 22.7 Å². The monoisotopic (exact) mass is 312 g/mol. The van der Waals surface area contributed by atoms with Crippen LogP contribution >= 0.6 is 23.2 Å². The summed E-state index contributed by atoms with van der Waals surface area (Å²) in [4.78, 5) is 14.3. The van der Waals surface area contributed by atoms with Gasteiger partial charge in [-0.1, -0.05) is 29.3 Å². The maximum Gasteiger partial charge on any atom is 0.276 e. The first-order valence-corrected chi connectivity index (χ1v) is 6.42. The number of rotatable bonds is 4. The summed E-state index contributed by atoms with van der Waals surface area (Å²) in [5, 5.41) is 11.4. The maximum atomic E-state index is 10.8. The van der Waals surface area contributed by atoms with E-state index in [2.05, 4.69) is 4.98 Å². The third-order valence-corrected chi connectivity index (χ3v) is 3.27. The molecule has 0 atom stereocenters. The van der Waals surface area contributed by atoms with Crippen molar-refractivity contribution in [1.29, 1.82) is 0 Å². The first-order valence-electron chi connectivity index (χ1n) is 5.66. The molecule has 0 fully saturated rings. The number of hydrogen-bond acceptors (Lipinski definition) is 4. The molecule has 0 saturated carbocycles. The lowest BCUT2D eigenvalue weighted by Gasteiger charge is -2.10. The Kier molecular flexibility index (Phi) is 4.42. The Morgan fingerprint density at radius 2 is 2.05 bits per heavy atom. The van der Waals surface area contributed by atoms with E-state index in [1.165, 1.54) is 6.07 Å². The summed E-state index contributed by atoms with van der Waals surface area (Å²) in [6, 6.07) is 7.97. The molecule has 1 aromatic carbocycles. The molecular weight excluding hydrogens is 303 g/mol. The SMILES string of the molecule is Cc1c(OCc2ccc(Cl)nc2Cl)cccc1[N+](=O)[O-]. The minimum absolute atomic E-state index is 0.0165. The van der Waals surface area contributed by atoms with Gasteiger partial charge in [0.25, 0.3) is 5.69 Å². The van der Waals surface area contributed by atoms with Crippen LogP contribution in [0.2, 0.25) is 10.3 Å². The highest BCUT2D eigenvalue weighted by Gasteiger charge is 2.14. The second kappa shape index (κ2) is 6.07. The minimum Gasteiger partial charge on any atom is -0.488 e. The molecule has 1 aromatic heterocycles. The van der Waals surface area contributed by atoms with E-state index in [-0.39, 0.29) is 17.4 Å². The summed E-state index contributed by atoms with van der Waals surface area (Å²) >= 11 is 11.6. The van der Waals surface area contributed by atoms with Gasteiger partial charge in [-0.2, -0.15) is 0 Å². The van der Waals surface area contributed by atoms with Crippen molar-refractivity contribution in [3.63, 3.8) is 0 Å². The van der Waals surface area contributed by atoms with Crippen molar-refractivity contribution >= 4 is 28.9 Å². The van der Waals surface area contributed by atoms with Gasteiger partial charge in [0.2, 0.25) is 0 Å². The first-order chi connectivity index (χ1) is 9.49. The van der Waals surface area contributed by atoms with E-state index in [4.69, 9.17) is 27.9 Å². The molecule has 0 spiro atoms. The zero-order valence-corrected chi connectivity index (χ0v) is 12.0. The van der Waals surface area contributed by atoms with Gasteiger partial charge in [-0.15, -0.1) is 0 Å². The Morgan fingerprint density at radius 3 is 2.70 bits per heavy atom. The average Bonchev–Trinajstić information content (AvgIpc) is 2.39. The van der Waals surface area contributed by atoms with Gasteiger partial charge in [-0.05, 0) is 25.1 Å². The molecule has 7 heteroatoms. The Morgan fingerprint density at radius 1 is 1.30 bits per heavy atom. The molecule has 0 aliphatic heterocycles. The van der Waals surface area contributed by atoms with E-state index in [9.17, 15) is 10.1 Å². The summed E-state index contributed by atoms with van der Waals surface area (Å²) < 4.78 is 5.56. The lowest BCUT2D eigenvalue weighted by molar-refractivity contribution is -0.385. The molecule has 0 radical (unpaired) electrons. The van der Waals surface area contributed by atoms with E-state index in [1.54, 1.807) is 31.2 Å². The molecule has 0 aliphatic rings. The predicted molar refractivity (Wildman–Crippen MR) is 76.4 cm³/mol. The van der Waals surface area contributed by atoms with Gasteiger partial charge >= 0.3 is 0 Å². The lowest BCUT2D eigenvalue weighted by Crippen LogP contribution is -2.00. The van der Waals surface area contributed by atoms with Crippen molar-refractivity contribution in [3.8, 4) is 5.75 Å². The first kappa shape index (κ1) is 14.6. The van der Waals surface area contributed by atoms with E-state index in [0.29, 0.717) is 22.0 Å². The number of nitro benzene ring substituents is 1. The number of pyridine rings is 1. The molecule has 2 aromatic rings. The van der Waals surface area contributed by atoms with Crippen molar-refractivity contribution in [3.05, 3.63) is 61.9 Å². The van der Waals surface area contributed by atoms with Crippen molar-refractivity contribution in [2.75, 3.05) is 0 Å². The average molecular weight is 313 g/mol. The zero-order chi connectivity index (χ0) is 14.7. The van der Waals surface area contributed by atoms with Crippen LogP contribution in [0.15, 0.2) is 30.3 Å². The standard InChI is InChI=1S/C13H10Cl2N2O3/c1-8-10(17(18)19)3-2-4-11(8)20-7-9-5-6-12(14)16-13(9)15/h2-6H,7H2,1H3. The number of ether oxygens (including phenoxy) is 1. The van der Waals surface area contributed by atoms with E-state index in [0.717, 1.165) is 0 Å². The molecule has 2 rings (SSSR count). The second-order valence-electron chi connectivity index (χ2n) is 4.03. The topological polar surface area (TPSA) is 65.3 Å². The van der Waals surface area contributed by atoms with Gasteiger partial charge in [-0.3, -0.25) is 10.1 Å². The predicted octanol–water partition coefficient (Wildman–Crippen LogP) is 4.18. The molecule has 0 bridgehead atoms. The molecule has 104 valence electrons. The van der Waals surface area contributed by atoms with Crippen LogP contribution in [0.3, 0.4) is 0 Å². The summed E-state index contributed by atoms with van der Waals surface area (Å²) in [5.41, 5.74) is 1.14. The number of nitrogens with zero attached hydrogens (tertiary/aromatic N) is 2. The summed E-state index contributed by atoms with van der Waals surface area (Å²) in [5.74, 6) is 0.435. The Labute approximate surface area is 125 Å². The highest BCUT2D eigenvalue weighted by atomic mass is 35.5. The van der Waals surface area contributed by atoms with Crippen LogP contribution in [0, 0.1) is 17.0 Å². The van der Waals surface area contributed by atoms with Crippen molar-refractivity contribution < 1.29 is 9.66 Å². The molecule has 5 nitrogen and oxygen atoms in total. The normalized spacial score (nSPS) is 10.3. The number of aromatic nitrogens is 1. The molecule has 20 heavy (non-hydrogen) atoms. The molecular formula is C13H10Cl2N2O3. The summed E-state index contributed by atoms with van der Waals surface area (Å²) in [6.07, 6.45) is 0. The number of halogens is 2. The minimum atomic E-state index is -0.445. The van der Waals surface area contributed by atoms with Gasteiger partial charge in [0.05, 0.1) is 10.5 Å². The number of benzene rings is 1. The Bertz CT molecular complexity index is 662. The highest BCUT2D eigenvalue weighted by Crippen LogP contribution is 2.28. The number of nitro groups is 1. The van der Waals surface area contributed by atoms with E-state index >= 15 is 0 Å².